The van der Waals surface area contributed by atoms with Crippen LogP contribution in [0, 0.1) is 12.8 Å². The van der Waals surface area contributed by atoms with Crippen molar-refractivity contribution in [2.45, 2.75) is 19.8 Å². The van der Waals surface area contributed by atoms with Crippen LogP contribution in [-0.2, 0) is 6.42 Å². The van der Waals surface area contributed by atoms with Gasteiger partial charge in [-0.2, -0.15) is 11.8 Å². The molecule has 1 saturated heterocycles. The summed E-state index contributed by atoms with van der Waals surface area (Å²) >= 11 is 3.87. The summed E-state index contributed by atoms with van der Waals surface area (Å²) in [6.07, 6.45) is 4.22. The van der Waals surface area contributed by atoms with Crippen LogP contribution in [0.5, 0.6) is 0 Å². The number of aromatic nitrogens is 3. The number of thioether (sulfide) groups is 1. The quantitative estimate of drug-likeness (QED) is 0.729. The fourth-order valence-corrected chi connectivity index (χ4v) is 5.04. The minimum Gasteiger partial charge on any atom is -0.271 e. The number of hydrogen-bond donors (Lipinski definition) is 0. The lowest BCUT2D eigenvalue weighted by Gasteiger charge is -2.10. The third kappa shape index (κ3) is 2.49. The topological polar surface area (TPSA) is 30.7 Å². The molecule has 0 aliphatic carbocycles. The van der Waals surface area contributed by atoms with Gasteiger partial charge in [0.25, 0.3) is 0 Å². The van der Waals surface area contributed by atoms with E-state index < -0.39 is 0 Å². The summed E-state index contributed by atoms with van der Waals surface area (Å²) in [6.45, 7) is 2.15. The van der Waals surface area contributed by atoms with Gasteiger partial charge in [-0.3, -0.25) is 4.57 Å². The van der Waals surface area contributed by atoms with Crippen LogP contribution in [0.25, 0.3) is 16.2 Å². The van der Waals surface area contributed by atoms with E-state index in [1.54, 1.807) is 0 Å². The highest BCUT2D eigenvalue weighted by atomic mass is 32.2. The predicted octanol–water partition coefficient (Wildman–Crippen LogP) is 4.09. The Hall–Kier alpha value is -1.33. The van der Waals surface area contributed by atoms with Gasteiger partial charge in [-0.15, -0.1) is 11.3 Å². The van der Waals surface area contributed by atoms with Gasteiger partial charge in [-0.05, 0) is 55.0 Å². The highest BCUT2D eigenvalue weighted by Gasteiger charge is 2.21. The van der Waals surface area contributed by atoms with E-state index in [4.69, 9.17) is 4.98 Å². The lowest BCUT2D eigenvalue weighted by Crippen LogP contribution is -2.08. The summed E-state index contributed by atoms with van der Waals surface area (Å²) < 4.78 is 2.26. The average Bonchev–Trinajstić information content (AvgIpc) is 3.18. The maximum atomic E-state index is 4.86. The van der Waals surface area contributed by atoms with E-state index in [0.717, 1.165) is 29.3 Å². The summed E-state index contributed by atoms with van der Waals surface area (Å²) in [5.74, 6) is 4.48. The number of imidazole rings is 1. The molecule has 3 aromatic rings. The molecule has 0 N–H and O–H groups in total. The highest BCUT2D eigenvalue weighted by molar-refractivity contribution is 7.99. The monoisotopic (exact) mass is 315 g/mol. The maximum absolute atomic E-state index is 4.86. The molecule has 1 atom stereocenters. The molecule has 0 bridgehead atoms. The molecule has 3 aromatic heterocycles. The summed E-state index contributed by atoms with van der Waals surface area (Å²) in [4.78, 5) is 10.7. The Kier molecular flexibility index (Phi) is 3.47. The van der Waals surface area contributed by atoms with E-state index in [9.17, 15) is 0 Å². The smallest absolute Gasteiger partial charge is 0.165 e. The summed E-state index contributed by atoms with van der Waals surface area (Å²) in [6, 6.07) is 8.38. The SMILES string of the molecule is Cc1ccc(-n2c(CC3CCSC3)nc3cccnc32)s1. The van der Waals surface area contributed by atoms with Crippen molar-refractivity contribution in [2.24, 2.45) is 5.92 Å². The number of thiophene rings is 1. The van der Waals surface area contributed by atoms with Gasteiger partial charge in [-0.1, -0.05) is 0 Å². The van der Waals surface area contributed by atoms with Crippen LogP contribution in [0.3, 0.4) is 0 Å². The molecule has 5 heteroatoms. The number of nitrogens with zero attached hydrogens (tertiary/aromatic N) is 3. The molecule has 3 nitrogen and oxygen atoms in total. The second-order valence-corrected chi connectivity index (χ2v) is 7.94. The Morgan fingerprint density at radius 2 is 2.29 bits per heavy atom. The Balaban J connectivity index is 1.84. The van der Waals surface area contributed by atoms with E-state index in [1.807, 2.05) is 23.6 Å². The zero-order valence-corrected chi connectivity index (χ0v) is 13.6. The lowest BCUT2D eigenvalue weighted by molar-refractivity contribution is 0.573. The number of rotatable bonds is 3. The fraction of sp³-hybridized carbons (Fsp3) is 0.375. The van der Waals surface area contributed by atoms with Crippen molar-refractivity contribution in [3.63, 3.8) is 0 Å². The van der Waals surface area contributed by atoms with Crippen LogP contribution in [0.1, 0.15) is 17.1 Å². The van der Waals surface area contributed by atoms with Gasteiger partial charge in [0.1, 0.15) is 16.3 Å². The van der Waals surface area contributed by atoms with Gasteiger partial charge < -0.3 is 0 Å². The molecule has 4 rings (SSSR count). The van der Waals surface area contributed by atoms with Crippen LogP contribution in [0.4, 0.5) is 0 Å². The molecule has 4 heterocycles. The van der Waals surface area contributed by atoms with Crippen LogP contribution in [0.15, 0.2) is 30.5 Å². The fourth-order valence-electron chi connectivity index (χ4n) is 2.87. The number of aryl methyl sites for hydroxylation is 1. The minimum atomic E-state index is 0.756. The van der Waals surface area contributed by atoms with Gasteiger partial charge in [0, 0.05) is 17.5 Å². The van der Waals surface area contributed by atoms with Gasteiger partial charge >= 0.3 is 0 Å². The Bertz CT molecular complexity index is 769. The van der Waals surface area contributed by atoms with Crippen LogP contribution in [0.2, 0.25) is 0 Å². The molecule has 108 valence electrons. The van der Waals surface area contributed by atoms with E-state index in [-0.39, 0.29) is 0 Å². The lowest BCUT2D eigenvalue weighted by atomic mass is 10.1. The summed E-state index contributed by atoms with van der Waals surface area (Å²) in [5, 5.41) is 1.23. The summed E-state index contributed by atoms with van der Waals surface area (Å²) in [5.41, 5.74) is 1.99. The molecular weight excluding hydrogens is 298 g/mol. The van der Waals surface area contributed by atoms with Crippen LogP contribution >= 0.6 is 23.1 Å². The van der Waals surface area contributed by atoms with Crippen molar-refractivity contribution in [3.8, 4) is 5.00 Å². The first kappa shape index (κ1) is 13.3. The zero-order valence-electron chi connectivity index (χ0n) is 12.0. The molecule has 1 fully saturated rings. The van der Waals surface area contributed by atoms with Crippen LogP contribution in [-0.4, -0.2) is 26.0 Å². The average molecular weight is 315 g/mol. The van der Waals surface area contributed by atoms with Crippen LogP contribution < -0.4 is 0 Å². The normalized spacial score (nSPS) is 18.6. The minimum absolute atomic E-state index is 0.756. The summed E-state index contributed by atoms with van der Waals surface area (Å²) in [7, 11) is 0. The molecule has 1 aliphatic rings. The molecule has 1 unspecified atom stereocenters. The molecule has 0 amide bonds. The Morgan fingerprint density at radius 1 is 1.33 bits per heavy atom. The van der Waals surface area contributed by atoms with E-state index in [0.29, 0.717) is 0 Å². The first-order valence-electron chi connectivity index (χ1n) is 7.28. The number of fused-ring (bicyclic) bond motifs is 1. The van der Waals surface area contributed by atoms with Crippen molar-refractivity contribution in [1.82, 2.24) is 14.5 Å². The molecule has 21 heavy (non-hydrogen) atoms. The van der Waals surface area contributed by atoms with Crippen molar-refractivity contribution < 1.29 is 0 Å². The standard InChI is InChI=1S/C16H17N3S2/c1-11-4-5-15(21-11)19-14(9-12-6-8-20-10-12)18-13-3-2-7-17-16(13)19/h2-5,7,12H,6,8-10H2,1H3. The zero-order chi connectivity index (χ0) is 14.2. The third-order valence-electron chi connectivity index (χ3n) is 3.93. The largest absolute Gasteiger partial charge is 0.271 e. The van der Waals surface area contributed by atoms with Gasteiger partial charge in [-0.25, -0.2) is 9.97 Å². The van der Waals surface area contributed by atoms with Crippen molar-refractivity contribution in [2.75, 3.05) is 11.5 Å². The third-order valence-corrected chi connectivity index (χ3v) is 6.14. The van der Waals surface area contributed by atoms with Crippen molar-refractivity contribution in [3.05, 3.63) is 41.2 Å². The second-order valence-electron chi connectivity index (χ2n) is 5.53. The van der Waals surface area contributed by atoms with E-state index in [1.165, 1.54) is 27.8 Å². The van der Waals surface area contributed by atoms with E-state index in [2.05, 4.69) is 46.4 Å². The first-order valence-corrected chi connectivity index (χ1v) is 9.25. The molecule has 0 radical (unpaired) electrons. The molecule has 1 aliphatic heterocycles. The van der Waals surface area contributed by atoms with E-state index >= 15 is 0 Å². The molecule has 0 aromatic carbocycles. The predicted molar refractivity (Wildman–Crippen MR) is 90.6 cm³/mol. The first-order chi connectivity index (χ1) is 10.3. The highest BCUT2D eigenvalue weighted by Crippen LogP contribution is 2.30. The molecule has 0 spiro atoms. The van der Waals surface area contributed by atoms with Crippen molar-refractivity contribution >= 4 is 34.3 Å². The molecular formula is C16H17N3S2. The number of hydrogen-bond acceptors (Lipinski definition) is 4. The Morgan fingerprint density at radius 3 is 3.05 bits per heavy atom. The van der Waals surface area contributed by atoms with Gasteiger partial charge in [0.15, 0.2) is 5.65 Å². The van der Waals surface area contributed by atoms with Gasteiger partial charge in [0.2, 0.25) is 0 Å². The molecule has 0 saturated carbocycles. The Labute approximate surface area is 132 Å². The maximum Gasteiger partial charge on any atom is 0.165 e. The van der Waals surface area contributed by atoms with Crippen molar-refractivity contribution in [1.29, 1.82) is 0 Å². The number of pyridine rings is 1. The van der Waals surface area contributed by atoms with Gasteiger partial charge in [0.05, 0.1) is 0 Å². The second kappa shape index (κ2) is 5.46.